The van der Waals surface area contributed by atoms with Gasteiger partial charge in [0.15, 0.2) is 5.78 Å². The lowest BCUT2D eigenvalue weighted by Gasteiger charge is -2.01. The van der Waals surface area contributed by atoms with Gasteiger partial charge < -0.3 is 14.6 Å². The normalized spacial score (nSPS) is 11.4. The molecule has 0 bridgehead atoms. The average Bonchev–Trinajstić information content (AvgIpc) is 2.86. The number of hydrogen-bond acceptors (Lipinski definition) is 4. The second kappa shape index (κ2) is 6.04. The molecule has 0 radical (unpaired) electrons. The number of carboxylic acids is 1. The molecule has 1 aromatic carbocycles. The number of furan rings is 1. The van der Waals surface area contributed by atoms with Crippen molar-refractivity contribution < 1.29 is 28.6 Å². The van der Waals surface area contributed by atoms with Crippen molar-refractivity contribution in [2.75, 3.05) is 0 Å². The molecule has 0 aliphatic rings. The number of carbonyl (C=O) groups is 2. The molecule has 2 N–H and O–H groups in total. The molecule has 0 aliphatic heterocycles. The molecule has 21 heavy (non-hydrogen) atoms. The Morgan fingerprint density at radius 2 is 2.00 bits per heavy atom. The maximum absolute atomic E-state index is 13.1. The summed E-state index contributed by atoms with van der Waals surface area (Å²) in [5.41, 5.74) is 1.23. The van der Waals surface area contributed by atoms with Gasteiger partial charge in [-0.05, 0) is 17.7 Å². The quantitative estimate of drug-likeness (QED) is 0.502. The lowest BCUT2D eigenvalue weighted by Crippen LogP contribution is -2.05. The molecule has 2 rings (SSSR count). The molecule has 1 heterocycles. The first-order valence-electron chi connectivity index (χ1n) is 5.95. The first-order valence-corrected chi connectivity index (χ1v) is 5.95. The van der Waals surface area contributed by atoms with Gasteiger partial charge in [0, 0.05) is 18.1 Å². The fourth-order valence-corrected chi connectivity index (χ4v) is 1.81. The Morgan fingerprint density at radius 1 is 1.24 bits per heavy atom. The summed E-state index contributed by atoms with van der Waals surface area (Å²) >= 11 is 0. The minimum Gasteiger partial charge on any atom is -0.502 e. The van der Waals surface area contributed by atoms with Crippen LogP contribution in [0, 0.1) is 5.82 Å². The highest BCUT2D eigenvalue weighted by molar-refractivity contribution is 6.08. The van der Waals surface area contributed by atoms with Crippen LogP contribution in [0.15, 0.2) is 53.0 Å². The second-order valence-corrected chi connectivity index (χ2v) is 4.32. The third-order valence-electron chi connectivity index (χ3n) is 2.78. The molecule has 0 aliphatic carbocycles. The smallest absolute Gasteiger partial charge is 0.371 e. The summed E-state index contributed by atoms with van der Waals surface area (Å²) in [6.07, 6.45) is 3.33. The molecule has 0 saturated heterocycles. The predicted octanol–water partition coefficient (Wildman–Crippen LogP) is 2.72. The summed E-state index contributed by atoms with van der Waals surface area (Å²) in [6.45, 7) is 0. The topological polar surface area (TPSA) is 87.7 Å². The van der Waals surface area contributed by atoms with Gasteiger partial charge in [0.05, 0.1) is 11.8 Å². The van der Waals surface area contributed by atoms with E-state index in [0.717, 1.165) is 6.26 Å². The highest BCUT2D eigenvalue weighted by Crippen LogP contribution is 2.18. The number of rotatable bonds is 5. The number of carboxylic acid groups (broad SMARTS) is 1. The second-order valence-electron chi connectivity index (χ2n) is 4.32. The summed E-state index contributed by atoms with van der Waals surface area (Å²) in [4.78, 5) is 22.3. The molecular weight excluding hydrogens is 279 g/mol. The summed E-state index contributed by atoms with van der Waals surface area (Å²) in [5.74, 6) is -3.75. The van der Waals surface area contributed by atoms with Gasteiger partial charge in [-0.1, -0.05) is 12.1 Å². The first-order chi connectivity index (χ1) is 9.97. The zero-order chi connectivity index (χ0) is 15.4. The highest BCUT2D eigenvalue weighted by atomic mass is 19.1. The van der Waals surface area contributed by atoms with Gasteiger partial charge in [-0.15, -0.1) is 0 Å². The number of benzene rings is 1. The molecule has 2 aromatic rings. The van der Waals surface area contributed by atoms with Crippen LogP contribution in [-0.2, 0) is 11.2 Å². The van der Waals surface area contributed by atoms with E-state index in [1.807, 2.05) is 0 Å². The molecule has 0 amide bonds. The molecule has 0 fully saturated rings. The van der Waals surface area contributed by atoms with Crippen molar-refractivity contribution in [3.8, 4) is 0 Å². The Hall–Kier alpha value is -2.89. The van der Waals surface area contributed by atoms with Gasteiger partial charge in [0.1, 0.15) is 12.1 Å². The number of carbonyl (C=O) groups excluding carboxylic acids is 1. The van der Waals surface area contributed by atoms with E-state index in [9.17, 15) is 14.0 Å². The van der Waals surface area contributed by atoms with Crippen LogP contribution in [0.3, 0.4) is 0 Å². The number of aliphatic hydroxyl groups is 1. The van der Waals surface area contributed by atoms with Crippen molar-refractivity contribution in [3.63, 3.8) is 0 Å². The van der Waals surface area contributed by atoms with Crippen molar-refractivity contribution in [2.24, 2.45) is 0 Å². The zero-order valence-electron chi connectivity index (χ0n) is 10.7. The molecule has 0 spiro atoms. The van der Waals surface area contributed by atoms with Gasteiger partial charge >= 0.3 is 5.97 Å². The zero-order valence-corrected chi connectivity index (χ0v) is 10.7. The van der Waals surface area contributed by atoms with Crippen LogP contribution >= 0.6 is 0 Å². The Labute approximate surface area is 118 Å². The van der Waals surface area contributed by atoms with Crippen LogP contribution < -0.4 is 0 Å². The lowest BCUT2D eigenvalue weighted by molar-refractivity contribution is -0.135. The molecule has 0 unspecified atom stereocenters. The summed E-state index contributed by atoms with van der Waals surface area (Å²) < 4.78 is 18.1. The van der Waals surface area contributed by atoms with Crippen LogP contribution in [0.5, 0.6) is 0 Å². The number of aliphatic carboxylic acids is 1. The van der Waals surface area contributed by atoms with E-state index in [-0.39, 0.29) is 12.0 Å². The van der Waals surface area contributed by atoms with Gasteiger partial charge in [-0.25, -0.2) is 9.18 Å². The highest BCUT2D eigenvalue weighted by Gasteiger charge is 2.15. The van der Waals surface area contributed by atoms with E-state index in [2.05, 4.69) is 0 Å². The van der Waals surface area contributed by atoms with Crippen molar-refractivity contribution >= 4 is 11.8 Å². The van der Waals surface area contributed by atoms with Crippen LogP contribution in [0.1, 0.15) is 21.5 Å². The van der Waals surface area contributed by atoms with E-state index in [1.54, 1.807) is 12.1 Å². The molecule has 5 nitrogen and oxygen atoms in total. The van der Waals surface area contributed by atoms with Crippen molar-refractivity contribution in [3.05, 3.63) is 71.1 Å². The monoisotopic (exact) mass is 290 g/mol. The minimum atomic E-state index is -1.60. The molecule has 0 atom stereocenters. The van der Waals surface area contributed by atoms with E-state index >= 15 is 0 Å². The molecular formula is C15H11FO5. The number of allylic oxidation sites excluding steroid dienone is 1. The van der Waals surface area contributed by atoms with E-state index in [1.165, 1.54) is 18.4 Å². The maximum atomic E-state index is 13.1. The van der Waals surface area contributed by atoms with Crippen LogP contribution in [0.4, 0.5) is 4.39 Å². The van der Waals surface area contributed by atoms with Crippen LogP contribution in [-0.4, -0.2) is 22.0 Å². The number of hydrogen-bond donors (Lipinski definition) is 2. The molecule has 108 valence electrons. The maximum Gasteiger partial charge on any atom is 0.371 e. The molecule has 0 saturated carbocycles. The fourth-order valence-electron chi connectivity index (χ4n) is 1.81. The third-order valence-corrected chi connectivity index (χ3v) is 2.78. The predicted molar refractivity (Wildman–Crippen MR) is 70.6 cm³/mol. The van der Waals surface area contributed by atoms with Gasteiger partial charge in [0.2, 0.25) is 5.76 Å². The summed E-state index contributed by atoms with van der Waals surface area (Å²) in [5, 5.41) is 17.6. The third kappa shape index (κ3) is 3.56. The SMILES string of the molecule is O=C(O)C(O)=CC(=O)c1cocc1Cc1cccc(F)c1. The lowest BCUT2D eigenvalue weighted by atomic mass is 10.0. The van der Waals surface area contributed by atoms with E-state index < -0.39 is 23.3 Å². The minimum absolute atomic E-state index is 0.118. The number of aliphatic hydroxyl groups excluding tert-OH is 1. The van der Waals surface area contributed by atoms with E-state index in [0.29, 0.717) is 17.2 Å². The largest absolute Gasteiger partial charge is 0.502 e. The van der Waals surface area contributed by atoms with Gasteiger partial charge in [0.25, 0.3) is 0 Å². The van der Waals surface area contributed by atoms with Crippen molar-refractivity contribution in [1.29, 1.82) is 0 Å². The molecule has 6 heteroatoms. The van der Waals surface area contributed by atoms with Crippen LogP contribution in [0.2, 0.25) is 0 Å². The van der Waals surface area contributed by atoms with E-state index in [4.69, 9.17) is 14.6 Å². The first kappa shape index (κ1) is 14.5. The fraction of sp³-hybridized carbons (Fsp3) is 0.0667. The standard InChI is InChI=1S/C15H11FO5/c16-11-3-1-2-9(5-11)4-10-7-21-8-12(10)13(17)6-14(18)15(19)20/h1-3,5-8,18H,4H2,(H,19,20). The number of halogens is 1. The number of ketones is 1. The summed E-state index contributed by atoms with van der Waals surface area (Å²) in [6, 6.07) is 5.86. The Balaban J connectivity index is 2.25. The Kier molecular flexibility index (Phi) is 4.18. The van der Waals surface area contributed by atoms with Crippen molar-refractivity contribution in [1.82, 2.24) is 0 Å². The summed E-state index contributed by atoms with van der Waals surface area (Å²) in [7, 11) is 0. The van der Waals surface area contributed by atoms with Crippen LogP contribution in [0.25, 0.3) is 0 Å². The molecule has 1 aromatic heterocycles. The Bertz CT molecular complexity index is 714. The van der Waals surface area contributed by atoms with Gasteiger partial charge in [-0.2, -0.15) is 0 Å². The van der Waals surface area contributed by atoms with Gasteiger partial charge in [-0.3, -0.25) is 4.79 Å². The average molecular weight is 290 g/mol. The Morgan fingerprint density at radius 3 is 2.67 bits per heavy atom. The van der Waals surface area contributed by atoms with Crippen molar-refractivity contribution in [2.45, 2.75) is 6.42 Å².